The fourth-order valence-corrected chi connectivity index (χ4v) is 1.82. The lowest BCUT2D eigenvalue weighted by molar-refractivity contribution is 0.0695. The molecule has 0 bridgehead atoms. The van der Waals surface area contributed by atoms with E-state index in [1.54, 1.807) is 31.3 Å². The Morgan fingerprint density at radius 1 is 1.45 bits per heavy atom. The van der Waals surface area contributed by atoms with Gasteiger partial charge in [-0.3, -0.25) is 9.48 Å². The molecule has 0 spiro atoms. The van der Waals surface area contributed by atoms with E-state index in [1.165, 1.54) is 10.9 Å². The summed E-state index contributed by atoms with van der Waals surface area (Å²) < 4.78 is 1.49. The largest absolute Gasteiger partial charge is 0.478 e. The van der Waals surface area contributed by atoms with Crippen LogP contribution in [0.25, 0.3) is 0 Å². The summed E-state index contributed by atoms with van der Waals surface area (Å²) in [5.41, 5.74) is 6.96. The summed E-state index contributed by atoms with van der Waals surface area (Å²) in [4.78, 5) is 22.1. The number of rotatable bonds is 5. The van der Waals surface area contributed by atoms with Crippen LogP contribution in [0.15, 0.2) is 30.5 Å². The summed E-state index contributed by atoms with van der Waals surface area (Å²) >= 11 is 0. The molecule has 1 aromatic heterocycles. The number of carbonyl (C=O) groups excluding carboxylic acids is 1. The number of anilines is 1. The Balaban J connectivity index is 2.17. The molecule has 1 heterocycles. The minimum atomic E-state index is -1.03. The number of carbonyl (C=O) groups is 2. The van der Waals surface area contributed by atoms with E-state index in [1.807, 2.05) is 0 Å². The van der Waals surface area contributed by atoms with Crippen LogP contribution in [0.2, 0.25) is 0 Å². The van der Waals surface area contributed by atoms with Crippen LogP contribution in [-0.2, 0) is 13.6 Å². The van der Waals surface area contributed by atoms with Crippen molar-refractivity contribution in [1.82, 2.24) is 9.78 Å². The third-order valence-corrected chi connectivity index (χ3v) is 2.90. The van der Waals surface area contributed by atoms with Crippen molar-refractivity contribution in [3.63, 3.8) is 0 Å². The SMILES string of the molecule is Cn1ncc(C(=O)O)c1CNc1cccc(C(N)=O)c1. The van der Waals surface area contributed by atoms with Gasteiger partial charge in [-0.25, -0.2) is 4.79 Å². The Morgan fingerprint density at radius 2 is 2.20 bits per heavy atom. The lowest BCUT2D eigenvalue weighted by Crippen LogP contribution is -2.12. The molecule has 7 heteroatoms. The fraction of sp³-hybridized carbons (Fsp3) is 0.154. The first-order chi connectivity index (χ1) is 9.49. The first kappa shape index (κ1) is 13.6. The number of aryl methyl sites for hydroxylation is 1. The quantitative estimate of drug-likeness (QED) is 0.748. The van der Waals surface area contributed by atoms with Crippen molar-refractivity contribution < 1.29 is 14.7 Å². The third-order valence-electron chi connectivity index (χ3n) is 2.90. The normalized spacial score (nSPS) is 10.2. The predicted octanol–water partition coefficient (Wildman–Crippen LogP) is 0.829. The highest BCUT2D eigenvalue weighted by Crippen LogP contribution is 2.14. The minimum absolute atomic E-state index is 0.144. The molecule has 0 atom stereocenters. The van der Waals surface area contributed by atoms with Crippen LogP contribution < -0.4 is 11.1 Å². The van der Waals surface area contributed by atoms with E-state index in [-0.39, 0.29) is 12.1 Å². The molecular formula is C13H14N4O3. The Labute approximate surface area is 115 Å². The molecule has 1 amide bonds. The van der Waals surface area contributed by atoms with Gasteiger partial charge < -0.3 is 16.2 Å². The summed E-state index contributed by atoms with van der Waals surface area (Å²) in [5, 5.41) is 16.0. The Bertz CT molecular complexity index is 663. The van der Waals surface area contributed by atoms with E-state index in [2.05, 4.69) is 10.4 Å². The number of carboxylic acid groups (broad SMARTS) is 1. The van der Waals surface area contributed by atoms with Gasteiger partial charge in [0.25, 0.3) is 0 Å². The van der Waals surface area contributed by atoms with Crippen LogP contribution in [0.1, 0.15) is 26.4 Å². The summed E-state index contributed by atoms with van der Waals surface area (Å²) in [6, 6.07) is 6.69. The molecule has 2 aromatic rings. The van der Waals surface area contributed by atoms with Crippen LogP contribution in [0.3, 0.4) is 0 Å². The van der Waals surface area contributed by atoms with Gasteiger partial charge in [-0.05, 0) is 18.2 Å². The van der Waals surface area contributed by atoms with Crippen LogP contribution in [0, 0.1) is 0 Å². The molecule has 0 saturated carbocycles. The molecule has 0 aliphatic carbocycles. The van der Waals surface area contributed by atoms with Crippen molar-refractivity contribution in [1.29, 1.82) is 0 Å². The highest BCUT2D eigenvalue weighted by Gasteiger charge is 2.14. The molecule has 2 rings (SSSR count). The predicted molar refractivity (Wildman–Crippen MR) is 72.5 cm³/mol. The highest BCUT2D eigenvalue weighted by molar-refractivity contribution is 5.93. The molecule has 0 saturated heterocycles. The molecule has 0 fully saturated rings. The molecule has 0 aliphatic heterocycles. The second kappa shape index (κ2) is 5.43. The topological polar surface area (TPSA) is 110 Å². The van der Waals surface area contributed by atoms with Crippen molar-refractivity contribution in [3.8, 4) is 0 Å². The highest BCUT2D eigenvalue weighted by atomic mass is 16.4. The van der Waals surface area contributed by atoms with E-state index in [4.69, 9.17) is 10.8 Å². The lowest BCUT2D eigenvalue weighted by atomic mass is 10.2. The molecule has 4 N–H and O–H groups in total. The van der Waals surface area contributed by atoms with Gasteiger partial charge in [0.05, 0.1) is 18.4 Å². The number of carboxylic acids is 1. The number of primary amides is 1. The zero-order valence-electron chi connectivity index (χ0n) is 10.8. The van der Waals surface area contributed by atoms with Crippen molar-refractivity contribution in [2.24, 2.45) is 12.8 Å². The molecule has 0 radical (unpaired) electrons. The second-order valence-electron chi connectivity index (χ2n) is 4.23. The molecule has 7 nitrogen and oxygen atoms in total. The van der Waals surface area contributed by atoms with E-state index >= 15 is 0 Å². The van der Waals surface area contributed by atoms with Gasteiger partial charge in [0, 0.05) is 18.3 Å². The van der Waals surface area contributed by atoms with E-state index in [0.717, 1.165) is 0 Å². The number of nitrogens with two attached hydrogens (primary N) is 1. The fourth-order valence-electron chi connectivity index (χ4n) is 1.82. The number of aromatic carboxylic acids is 1. The number of nitrogens with zero attached hydrogens (tertiary/aromatic N) is 2. The van der Waals surface area contributed by atoms with Gasteiger partial charge >= 0.3 is 5.97 Å². The molecule has 1 aromatic carbocycles. The monoisotopic (exact) mass is 274 g/mol. The Kier molecular flexibility index (Phi) is 3.69. The maximum absolute atomic E-state index is 11.1. The molecule has 20 heavy (non-hydrogen) atoms. The number of aromatic nitrogens is 2. The molecule has 104 valence electrons. The van der Waals surface area contributed by atoms with Crippen LogP contribution >= 0.6 is 0 Å². The van der Waals surface area contributed by atoms with E-state index in [0.29, 0.717) is 16.9 Å². The van der Waals surface area contributed by atoms with Gasteiger partial charge in [0.2, 0.25) is 5.91 Å². The lowest BCUT2D eigenvalue weighted by Gasteiger charge is -2.08. The van der Waals surface area contributed by atoms with Gasteiger partial charge in [-0.2, -0.15) is 5.10 Å². The summed E-state index contributed by atoms with van der Waals surface area (Å²) in [6.07, 6.45) is 1.30. The molecular weight excluding hydrogens is 260 g/mol. The Hall–Kier alpha value is -2.83. The van der Waals surface area contributed by atoms with Gasteiger partial charge in [0.15, 0.2) is 0 Å². The number of hydrogen-bond donors (Lipinski definition) is 3. The first-order valence-electron chi connectivity index (χ1n) is 5.87. The summed E-state index contributed by atoms with van der Waals surface area (Å²) in [7, 11) is 1.67. The maximum Gasteiger partial charge on any atom is 0.339 e. The third kappa shape index (κ3) is 2.77. The average Bonchev–Trinajstić information content (AvgIpc) is 2.78. The van der Waals surface area contributed by atoms with E-state index in [9.17, 15) is 9.59 Å². The molecule has 0 unspecified atom stereocenters. The Morgan fingerprint density at radius 3 is 2.85 bits per heavy atom. The first-order valence-corrected chi connectivity index (χ1v) is 5.87. The van der Waals surface area contributed by atoms with Gasteiger partial charge in [0.1, 0.15) is 5.56 Å². The van der Waals surface area contributed by atoms with Crippen molar-refractivity contribution in [2.75, 3.05) is 5.32 Å². The zero-order valence-corrected chi connectivity index (χ0v) is 10.8. The molecule has 0 aliphatic rings. The van der Waals surface area contributed by atoms with Crippen LogP contribution in [0.5, 0.6) is 0 Å². The minimum Gasteiger partial charge on any atom is -0.478 e. The van der Waals surface area contributed by atoms with Gasteiger partial charge in [-0.1, -0.05) is 6.07 Å². The zero-order chi connectivity index (χ0) is 14.7. The number of nitrogens with one attached hydrogen (secondary N) is 1. The number of hydrogen-bond acceptors (Lipinski definition) is 4. The summed E-state index contributed by atoms with van der Waals surface area (Å²) in [5.74, 6) is -1.54. The second-order valence-corrected chi connectivity index (χ2v) is 4.23. The number of amides is 1. The van der Waals surface area contributed by atoms with Crippen LogP contribution in [-0.4, -0.2) is 26.8 Å². The van der Waals surface area contributed by atoms with Crippen molar-refractivity contribution in [3.05, 3.63) is 47.3 Å². The van der Waals surface area contributed by atoms with Gasteiger partial charge in [-0.15, -0.1) is 0 Å². The van der Waals surface area contributed by atoms with Crippen LogP contribution in [0.4, 0.5) is 5.69 Å². The number of benzene rings is 1. The summed E-state index contributed by atoms with van der Waals surface area (Å²) in [6.45, 7) is 0.278. The van der Waals surface area contributed by atoms with E-state index < -0.39 is 11.9 Å². The van der Waals surface area contributed by atoms with Crippen molar-refractivity contribution in [2.45, 2.75) is 6.54 Å². The standard InChI is InChI=1S/C13H14N4O3/c1-17-11(10(6-16-17)13(19)20)7-15-9-4-2-3-8(5-9)12(14)18/h2-6,15H,7H2,1H3,(H2,14,18)(H,19,20). The average molecular weight is 274 g/mol. The smallest absolute Gasteiger partial charge is 0.339 e. The maximum atomic E-state index is 11.1. The van der Waals surface area contributed by atoms with Crippen molar-refractivity contribution >= 4 is 17.6 Å².